The van der Waals surface area contributed by atoms with Crippen molar-refractivity contribution >= 4 is 37.3 Å². The molecule has 4 heterocycles. The van der Waals surface area contributed by atoms with Crippen LogP contribution < -0.4 is 39.8 Å². The van der Waals surface area contributed by atoms with E-state index in [0.717, 1.165) is 65.7 Å². The Labute approximate surface area is 420 Å². The summed E-state index contributed by atoms with van der Waals surface area (Å²) in [5, 5.41) is 3.93. The average Bonchev–Trinajstić information content (AvgIpc) is 3.63. The quantitative estimate of drug-likeness (QED) is 0.0454. The molecule has 2 aromatic carbocycles. The van der Waals surface area contributed by atoms with Gasteiger partial charge in [0.25, 0.3) is 10.1 Å². The van der Waals surface area contributed by atoms with Gasteiger partial charge < -0.3 is 14.8 Å². The Morgan fingerprint density at radius 3 is 2.07 bits per heavy atom. The van der Waals surface area contributed by atoms with Crippen molar-refractivity contribution in [2.75, 3.05) is 42.6 Å². The van der Waals surface area contributed by atoms with Gasteiger partial charge in [-0.05, 0) is 105 Å². The average molecular weight is 956 g/mol. The van der Waals surface area contributed by atoms with E-state index in [-0.39, 0.29) is 51.9 Å². The number of pyridine rings is 2. The number of fused-ring (bicyclic) bond motifs is 2. The monoisotopic (exact) mass is 955 g/mol. The first-order chi connectivity index (χ1) is 31.5. The minimum Gasteiger partial charge on any atom is -0.748 e. The molecule has 3 aliphatic rings. The molecule has 2 aromatic heterocycles. The van der Waals surface area contributed by atoms with E-state index in [1.807, 2.05) is 48.8 Å². The van der Waals surface area contributed by atoms with Gasteiger partial charge in [-0.2, -0.15) is 13.0 Å². The van der Waals surface area contributed by atoms with Gasteiger partial charge in [-0.25, -0.2) is 8.42 Å². The minimum absolute atomic E-state index is 0. The van der Waals surface area contributed by atoms with E-state index in [9.17, 15) is 25.9 Å². The molecule has 7 rings (SSSR count). The molecular formula is C52H64N6NaO6S2+. The minimum atomic E-state index is -4.29. The molecule has 0 atom stereocenters. The first-order valence-electron chi connectivity index (χ1n) is 23.1. The third-order valence-corrected chi connectivity index (χ3v) is 14.6. The Morgan fingerprint density at radius 1 is 0.776 bits per heavy atom. The van der Waals surface area contributed by atoms with E-state index in [1.54, 1.807) is 0 Å². The number of rotatable bonds is 21. The fraction of sp³-hybridized carbons (Fsp3) is 0.404. The van der Waals surface area contributed by atoms with Crippen LogP contribution in [0.5, 0.6) is 0 Å². The zero-order valence-corrected chi connectivity index (χ0v) is 43.3. The second-order valence-corrected chi connectivity index (χ2v) is 21.6. The van der Waals surface area contributed by atoms with Gasteiger partial charge in [-0.1, -0.05) is 74.5 Å². The number of hydrogen-bond donors (Lipinski definition) is 2. The van der Waals surface area contributed by atoms with E-state index in [0.29, 0.717) is 58.4 Å². The van der Waals surface area contributed by atoms with Crippen LogP contribution in [0.4, 0.5) is 11.4 Å². The molecule has 0 unspecified atom stereocenters. The van der Waals surface area contributed by atoms with Crippen LogP contribution in [0.3, 0.4) is 0 Å². The second kappa shape index (κ2) is 22.9. The SMILES string of the molecule is CC1(C)C(C=CC2=C(NCCN(Cc3ccccn3)Cc3ccccn3)/C(=C/C=C3/N(CCCCS(=O)(=O)[O-])c4ccccc4C3(C)C)CCC2)=[N+](CCCCS(=O)(=O)O)c2ccccc21.[Na+]. The fourth-order valence-electron chi connectivity index (χ4n) is 9.71. The van der Waals surface area contributed by atoms with Crippen LogP contribution >= 0.6 is 0 Å². The number of unbranched alkanes of at least 4 members (excludes halogenated alkanes) is 2. The summed E-state index contributed by atoms with van der Waals surface area (Å²) >= 11 is 0. The summed E-state index contributed by atoms with van der Waals surface area (Å²) in [6, 6.07) is 28.8. The Hall–Kier alpha value is -4.25. The van der Waals surface area contributed by atoms with Gasteiger partial charge in [-0.15, -0.1) is 0 Å². The van der Waals surface area contributed by atoms with Crippen LogP contribution in [0.2, 0.25) is 0 Å². The standard InChI is InChI=1S/C52H64N6O6S2.Na/c1-51(2)44-22-5-7-24-46(44)57(33-13-15-36-65(59,60)61)48(51)28-26-40-18-17-19-41(50(40)55-32-35-56(38-42-20-9-11-30-53-42)39-43-21-10-12-31-54-43)27-29-49-52(3,4)45-23-6-8-25-47(45)58(49)34-14-16-37-66(62,63)64;/h5-12,20-31H,13-19,32-39H2,1-4H3,(H2,59,60,61,62,63,64);/q;+1/b40-26+,48-28+;. The molecule has 0 fully saturated rings. The van der Waals surface area contributed by atoms with E-state index < -0.39 is 20.2 Å². The van der Waals surface area contributed by atoms with Crippen LogP contribution in [0.15, 0.2) is 144 Å². The third kappa shape index (κ3) is 13.5. The smallest absolute Gasteiger partial charge is 0.748 e. The number of allylic oxidation sites excluding steroid dienone is 7. The van der Waals surface area contributed by atoms with Crippen molar-refractivity contribution in [3.8, 4) is 0 Å². The number of nitrogens with zero attached hydrogens (tertiary/aromatic N) is 5. The Kier molecular flexibility index (Phi) is 17.8. The Morgan fingerprint density at radius 2 is 1.42 bits per heavy atom. The molecule has 2 N–H and O–H groups in total. The molecule has 0 saturated heterocycles. The van der Waals surface area contributed by atoms with Gasteiger partial charge in [0.2, 0.25) is 5.69 Å². The zero-order valence-electron chi connectivity index (χ0n) is 39.7. The number of hydrogen-bond acceptors (Lipinski definition) is 10. The molecule has 0 spiro atoms. The molecule has 0 radical (unpaired) electrons. The maximum Gasteiger partial charge on any atom is 1.00 e. The van der Waals surface area contributed by atoms with Crippen molar-refractivity contribution in [1.82, 2.24) is 20.2 Å². The predicted octanol–water partition coefficient (Wildman–Crippen LogP) is 5.74. The molecule has 12 nitrogen and oxygen atoms in total. The summed E-state index contributed by atoms with van der Waals surface area (Å²) < 4.78 is 69.3. The topological polar surface area (TPSA) is 159 Å². The number of anilines is 1. The first-order valence-corrected chi connectivity index (χ1v) is 26.3. The van der Waals surface area contributed by atoms with Crippen LogP contribution in [0.1, 0.15) is 95.2 Å². The summed E-state index contributed by atoms with van der Waals surface area (Å²) in [6.07, 6.45) is 17.2. The summed E-state index contributed by atoms with van der Waals surface area (Å²) in [7, 11) is -8.34. The van der Waals surface area contributed by atoms with Gasteiger partial charge in [0.1, 0.15) is 6.54 Å². The van der Waals surface area contributed by atoms with E-state index in [2.05, 4.69) is 130 Å². The summed E-state index contributed by atoms with van der Waals surface area (Å²) in [6.45, 7) is 12.9. The molecule has 67 heavy (non-hydrogen) atoms. The molecule has 0 bridgehead atoms. The Bertz CT molecular complexity index is 2690. The zero-order chi connectivity index (χ0) is 47.0. The normalized spacial score (nSPS) is 18.0. The fourth-order valence-corrected chi connectivity index (χ4v) is 10.8. The second-order valence-electron chi connectivity index (χ2n) is 18.5. The molecule has 15 heteroatoms. The van der Waals surface area contributed by atoms with Gasteiger partial charge in [0, 0.05) is 97.5 Å². The number of aromatic nitrogens is 2. The summed E-state index contributed by atoms with van der Waals surface area (Å²) in [4.78, 5) is 13.9. The van der Waals surface area contributed by atoms with Crippen molar-refractivity contribution in [2.24, 2.45) is 0 Å². The maximum atomic E-state index is 11.6. The third-order valence-electron chi connectivity index (χ3n) is 13.0. The van der Waals surface area contributed by atoms with Gasteiger partial charge in [0.05, 0.1) is 32.7 Å². The molecule has 350 valence electrons. The van der Waals surface area contributed by atoms with Crippen molar-refractivity contribution in [3.05, 3.63) is 167 Å². The van der Waals surface area contributed by atoms with Crippen LogP contribution in [-0.4, -0.2) is 88.8 Å². The Balaban J connectivity index is 0.00000741. The van der Waals surface area contributed by atoms with Crippen LogP contribution in [-0.2, 0) is 44.2 Å². The number of para-hydroxylation sites is 2. The van der Waals surface area contributed by atoms with E-state index >= 15 is 0 Å². The van der Waals surface area contributed by atoms with Gasteiger partial charge in [-0.3, -0.25) is 19.4 Å². The molecule has 4 aromatic rings. The van der Waals surface area contributed by atoms with Crippen molar-refractivity contribution < 1.29 is 60.1 Å². The van der Waals surface area contributed by atoms with Crippen LogP contribution in [0.25, 0.3) is 0 Å². The summed E-state index contributed by atoms with van der Waals surface area (Å²) in [5.74, 6) is -0.640. The molecular weight excluding hydrogens is 892 g/mol. The van der Waals surface area contributed by atoms with Crippen molar-refractivity contribution in [2.45, 2.75) is 96.6 Å². The molecule has 0 saturated carbocycles. The van der Waals surface area contributed by atoms with Crippen LogP contribution in [0, 0.1) is 0 Å². The van der Waals surface area contributed by atoms with Crippen molar-refractivity contribution in [1.29, 1.82) is 0 Å². The van der Waals surface area contributed by atoms with E-state index in [4.69, 9.17) is 0 Å². The summed E-state index contributed by atoms with van der Waals surface area (Å²) in [5.41, 5.74) is 11.7. The predicted molar refractivity (Wildman–Crippen MR) is 262 cm³/mol. The number of nitrogens with one attached hydrogen (secondary N) is 1. The van der Waals surface area contributed by atoms with E-state index in [1.165, 1.54) is 22.3 Å². The molecule has 0 amide bonds. The maximum absolute atomic E-state index is 11.6. The van der Waals surface area contributed by atoms with Gasteiger partial charge in [0.15, 0.2) is 5.71 Å². The van der Waals surface area contributed by atoms with Gasteiger partial charge >= 0.3 is 29.6 Å². The first kappa shape index (κ1) is 52.1. The largest absolute Gasteiger partial charge is 1.00 e. The van der Waals surface area contributed by atoms with Crippen molar-refractivity contribution in [3.63, 3.8) is 0 Å². The molecule has 2 aliphatic heterocycles. The number of benzene rings is 2. The molecule has 1 aliphatic carbocycles.